The standard InChI is InChI=1S/C23H25F3N4O2.C22H23F3N4O2.C21H22F2N4O3.C21H22F2N4O2S/c1-14-6-8-16(29-19(31)18-9-7-15(24)13-28-18)12-17(14)21(2)23(25,26)22(32-20(27)30-21)10-4-3-5-11-22;1-13-5-7-15(28-18(30)17-8-6-14(23)12-27-17)11-16(13)20(2)22(24,25)21(9-3-4-10-21)31-19(26)29-20;2*1-20(12-21(30-19(24)27-20)6-8-29-9-7-21)15-10-13(2-4-16(15)23)18(28)26-17-5-3-14(22)11-25-17/h6-9,12-13H,3-5,10-11H2,1-2H3,(H2,27,30)(H,29,31);5-8,11-12H,3-4,9-10H2,1-2H3,(H2,26,29)(H,28,30);2*2-5,10-11H,6-9,12H2,1H3,(H2,24,27)(H,25,26,28). The van der Waals surface area contributed by atoms with Crippen LogP contribution in [-0.2, 0) is 45.8 Å². The number of nitrogens with zero attached hydrogens (tertiary/aromatic N) is 8. The van der Waals surface area contributed by atoms with E-state index in [0.29, 0.717) is 99.7 Å². The molecule has 8 aliphatic rings. The Morgan fingerprint density at radius 3 is 1.20 bits per heavy atom. The van der Waals surface area contributed by atoms with Crippen molar-refractivity contribution in [2.24, 2.45) is 42.9 Å². The number of hydrogen-bond acceptors (Lipinski definition) is 22. The molecule has 2 aliphatic carbocycles. The van der Waals surface area contributed by atoms with Gasteiger partial charge in [0.15, 0.2) is 27.4 Å². The molecule has 4 spiro atoms. The Kier molecular flexibility index (Phi) is 25.5. The number of alkyl halides is 4. The number of hydrogen-bond donors (Lipinski definition) is 8. The highest BCUT2D eigenvalue weighted by Gasteiger charge is 2.71. The summed E-state index contributed by atoms with van der Waals surface area (Å²) in [7, 11) is 0. The molecule has 4 atom stereocenters. The molecule has 0 radical (unpaired) electrons. The summed E-state index contributed by atoms with van der Waals surface area (Å²) in [6.45, 7) is 12.0. The molecule has 4 amide bonds. The summed E-state index contributed by atoms with van der Waals surface area (Å²) < 4.78 is 174. The van der Waals surface area contributed by atoms with Crippen LogP contribution in [0.2, 0.25) is 0 Å². The van der Waals surface area contributed by atoms with Gasteiger partial charge in [-0.05, 0) is 244 Å². The molecule has 0 bridgehead atoms. The zero-order chi connectivity index (χ0) is 88.3. The third-order valence-corrected chi connectivity index (χ3v) is 25.0. The van der Waals surface area contributed by atoms with Gasteiger partial charge in [-0.15, -0.1) is 0 Å². The third kappa shape index (κ3) is 18.6. The Morgan fingerprint density at radius 2 is 0.789 bits per heavy atom. The Labute approximate surface area is 706 Å². The molecule has 2 saturated heterocycles. The molecule has 12 N–H and O–H groups in total. The lowest BCUT2D eigenvalue weighted by Gasteiger charge is -2.51. The van der Waals surface area contributed by atoms with E-state index in [4.69, 9.17) is 46.6 Å². The van der Waals surface area contributed by atoms with Crippen molar-refractivity contribution in [1.82, 2.24) is 19.9 Å². The number of anilines is 4. The number of aryl methyl sites for hydroxylation is 2. The van der Waals surface area contributed by atoms with E-state index in [1.807, 2.05) is 6.92 Å². The lowest BCUT2D eigenvalue weighted by Crippen LogP contribution is -2.65. The van der Waals surface area contributed by atoms with Crippen LogP contribution in [0.25, 0.3) is 0 Å². The van der Waals surface area contributed by atoms with Crippen molar-refractivity contribution in [3.05, 3.63) is 237 Å². The van der Waals surface area contributed by atoms with Gasteiger partial charge in [-0.1, -0.05) is 30.3 Å². The number of carbonyl (C=O) groups excluding carboxylic acids is 4. The molecule has 4 fully saturated rings. The largest absolute Gasteiger partial charge is 0.459 e. The van der Waals surface area contributed by atoms with Crippen molar-refractivity contribution in [3.8, 4) is 0 Å². The molecular formula is C87H92F10N16O9S. The van der Waals surface area contributed by atoms with Crippen molar-refractivity contribution in [2.45, 2.75) is 193 Å². The van der Waals surface area contributed by atoms with Gasteiger partial charge in [0.1, 0.15) is 63.5 Å². The van der Waals surface area contributed by atoms with E-state index < -0.39 is 109 Å². The molecule has 25 nitrogen and oxygen atoms in total. The van der Waals surface area contributed by atoms with Crippen LogP contribution in [0.5, 0.6) is 0 Å². The summed E-state index contributed by atoms with van der Waals surface area (Å²) in [5.41, 5.74) is 17.3. The average molecular weight is 1730 g/mol. The summed E-state index contributed by atoms with van der Waals surface area (Å²) in [6, 6.07) is 26.9. The van der Waals surface area contributed by atoms with Gasteiger partial charge in [0.2, 0.25) is 0 Å². The van der Waals surface area contributed by atoms with Crippen LogP contribution in [0.4, 0.5) is 66.9 Å². The lowest BCUT2D eigenvalue weighted by molar-refractivity contribution is -0.234. The van der Waals surface area contributed by atoms with Crippen molar-refractivity contribution in [3.63, 3.8) is 0 Å². The summed E-state index contributed by atoms with van der Waals surface area (Å²) in [6.07, 6.45) is 11.9. The summed E-state index contributed by atoms with van der Waals surface area (Å²) in [5.74, 6) is -11.5. The van der Waals surface area contributed by atoms with E-state index in [0.717, 1.165) is 56.2 Å². The topological polar surface area (TPSA) is 368 Å². The first-order valence-electron chi connectivity index (χ1n) is 39.9. The average Bonchev–Trinajstić information content (AvgIpc) is 1.60. The number of amidine groups is 4. The minimum Gasteiger partial charge on any atom is -0.459 e. The summed E-state index contributed by atoms with van der Waals surface area (Å²) in [5, 5.41) is 10.8. The van der Waals surface area contributed by atoms with Gasteiger partial charge in [0.05, 0.1) is 49.1 Å². The first-order valence-corrected chi connectivity index (χ1v) is 40.7. The molecule has 36 heteroatoms. The Hall–Kier alpha value is -11.8. The van der Waals surface area contributed by atoms with E-state index in [-0.39, 0.29) is 111 Å². The number of aliphatic imine (C=N–C) groups is 4. The lowest BCUT2D eigenvalue weighted by atomic mass is 9.69. The SMILES string of the molecule is CC1(c2cc(C(=O)Nc3ccc(F)cn3)ccc2F)CC2(CCOCC2)OC(N)=N1.CC1(c2cc(C(=O)Nc3ccc(F)cn3)ccc2F)CC2(CCOCC2)SC(N)=N1.Cc1ccc(NC(=O)c2ccc(F)cn2)cc1C1(C)N=C(N)OC2(CCCC2)C1(F)F.Cc1ccc(NC(=O)c2ccc(F)cn2)cc1C1(C)N=C(N)OC2(CCCCC2)C1(F)F. The number of rotatable bonds is 12. The van der Waals surface area contributed by atoms with Gasteiger partial charge in [0.25, 0.3) is 41.7 Å². The Balaban J connectivity index is 0.000000141. The fourth-order valence-electron chi connectivity index (χ4n) is 17.4. The third-order valence-electron chi connectivity index (χ3n) is 23.7. The van der Waals surface area contributed by atoms with Crippen LogP contribution in [0.15, 0.2) is 166 Å². The maximum absolute atomic E-state index is 16.1. The molecule has 6 aliphatic heterocycles. The molecule has 2 saturated carbocycles. The summed E-state index contributed by atoms with van der Waals surface area (Å²) >= 11 is 1.53. The molecule has 4 unspecified atom stereocenters. The van der Waals surface area contributed by atoms with E-state index in [1.165, 1.54) is 111 Å². The fraction of sp³-hybridized carbons (Fsp3) is 0.402. The van der Waals surface area contributed by atoms with Crippen LogP contribution >= 0.6 is 11.8 Å². The number of carbonyl (C=O) groups is 4. The predicted molar refractivity (Wildman–Crippen MR) is 442 cm³/mol. The molecular weight excluding hydrogens is 1640 g/mol. The van der Waals surface area contributed by atoms with Crippen LogP contribution < -0.4 is 44.2 Å². The second kappa shape index (κ2) is 35.2. The second-order valence-corrected chi connectivity index (χ2v) is 34.0. The normalized spacial score (nSPS) is 23.4. The number of nitrogens with two attached hydrogens (primary N) is 4. The van der Waals surface area contributed by atoms with E-state index in [9.17, 15) is 45.5 Å². The van der Waals surface area contributed by atoms with Crippen LogP contribution in [0, 0.1) is 48.8 Å². The Bertz CT molecular complexity index is 5260. The molecule has 10 heterocycles. The maximum Gasteiger partial charge on any atom is 0.315 e. The van der Waals surface area contributed by atoms with Crippen LogP contribution in [0.1, 0.15) is 199 Å². The number of nitrogens with one attached hydrogen (secondary N) is 4. The van der Waals surface area contributed by atoms with Gasteiger partial charge in [-0.25, -0.2) is 61.3 Å². The number of ether oxygens (including phenoxy) is 5. The number of aromatic nitrogens is 4. The maximum atomic E-state index is 16.1. The second-order valence-electron chi connectivity index (χ2n) is 32.5. The van der Waals surface area contributed by atoms with E-state index in [2.05, 4.69) is 61.2 Å². The van der Waals surface area contributed by atoms with Crippen molar-refractivity contribution in [2.75, 3.05) is 47.7 Å². The van der Waals surface area contributed by atoms with Gasteiger partial charge in [-0.3, -0.25) is 24.2 Å². The number of thioether (sulfide) groups is 1. The number of benzene rings is 4. The van der Waals surface area contributed by atoms with Crippen LogP contribution in [0.3, 0.4) is 0 Å². The molecule has 123 heavy (non-hydrogen) atoms. The highest BCUT2D eigenvalue weighted by molar-refractivity contribution is 8.15. The van der Waals surface area contributed by atoms with Gasteiger partial charge in [-0.2, -0.15) is 17.6 Å². The number of halogens is 10. The quantitative estimate of drug-likeness (QED) is 0.0527. The van der Waals surface area contributed by atoms with Crippen molar-refractivity contribution < 1.29 is 86.8 Å². The van der Waals surface area contributed by atoms with Crippen molar-refractivity contribution in [1.29, 1.82) is 0 Å². The van der Waals surface area contributed by atoms with Gasteiger partial charge >= 0.3 is 11.8 Å². The first-order chi connectivity index (χ1) is 58.2. The zero-order valence-corrected chi connectivity index (χ0v) is 68.9. The molecule has 16 rings (SSSR count). The number of amides is 4. The molecule has 4 aromatic heterocycles. The Morgan fingerprint density at radius 1 is 0.398 bits per heavy atom. The summed E-state index contributed by atoms with van der Waals surface area (Å²) in [4.78, 5) is 82.5. The predicted octanol–water partition coefficient (Wildman–Crippen LogP) is 15.9. The highest BCUT2D eigenvalue weighted by atomic mass is 32.2. The van der Waals surface area contributed by atoms with Crippen molar-refractivity contribution >= 4 is 81.6 Å². The number of pyridine rings is 4. The monoisotopic (exact) mass is 1730 g/mol. The van der Waals surface area contributed by atoms with E-state index >= 15 is 17.6 Å². The first kappa shape index (κ1) is 89.0. The van der Waals surface area contributed by atoms with Gasteiger partial charge in [0, 0.05) is 70.9 Å². The fourth-order valence-corrected chi connectivity index (χ4v) is 18.8. The van der Waals surface area contributed by atoms with Crippen LogP contribution in [-0.4, -0.2) is 127 Å². The van der Waals surface area contributed by atoms with Gasteiger partial charge < -0.3 is 67.9 Å². The van der Waals surface area contributed by atoms with E-state index in [1.54, 1.807) is 45.0 Å². The zero-order valence-electron chi connectivity index (χ0n) is 68.0. The smallest absolute Gasteiger partial charge is 0.315 e. The highest BCUT2D eigenvalue weighted by Crippen LogP contribution is 2.60. The molecule has 8 aromatic rings. The molecule has 650 valence electrons. The minimum absolute atomic E-state index is 0.000410. The molecule has 4 aromatic carbocycles. The minimum atomic E-state index is -3.34.